The second kappa shape index (κ2) is 7.70. The van der Waals surface area contributed by atoms with Gasteiger partial charge >= 0.3 is 6.18 Å². The van der Waals surface area contributed by atoms with Crippen LogP contribution in [0.15, 0.2) is 60.7 Å². The zero-order chi connectivity index (χ0) is 19.4. The van der Waals surface area contributed by atoms with Crippen LogP contribution in [0, 0.1) is 6.92 Å². The minimum absolute atomic E-state index is 0.115. The molecule has 0 spiro atoms. The van der Waals surface area contributed by atoms with E-state index in [1.165, 1.54) is 6.07 Å². The third-order valence-corrected chi connectivity index (χ3v) is 4.00. The molecule has 0 fully saturated rings. The first-order valence-electron chi connectivity index (χ1n) is 8.27. The molecule has 0 bridgehead atoms. The van der Waals surface area contributed by atoms with Crippen molar-refractivity contribution in [3.63, 3.8) is 0 Å². The Labute approximate surface area is 155 Å². The summed E-state index contributed by atoms with van der Waals surface area (Å²) in [4.78, 5) is 3.76. The number of hydrogen-bond acceptors (Lipinski definition) is 3. The number of pyridine rings is 1. The molecule has 0 amide bonds. The van der Waals surface area contributed by atoms with Crippen molar-refractivity contribution in [3.05, 3.63) is 77.5 Å². The van der Waals surface area contributed by atoms with Gasteiger partial charge < -0.3 is 9.47 Å². The van der Waals surface area contributed by atoms with E-state index in [2.05, 4.69) is 4.98 Å². The molecule has 3 aromatic rings. The van der Waals surface area contributed by atoms with Crippen LogP contribution in [0.2, 0.25) is 0 Å². The van der Waals surface area contributed by atoms with E-state index in [0.717, 1.165) is 17.2 Å². The van der Waals surface area contributed by atoms with Crippen LogP contribution in [-0.2, 0) is 12.8 Å². The number of methoxy groups -OCH3 is 1. The number of ether oxygens (including phenoxy) is 2. The number of aromatic nitrogens is 1. The van der Waals surface area contributed by atoms with Gasteiger partial charge in [-0.15, -0.1) is 0 Å². The Bertz CT molecular complexity index is 904. The SMILES string of the molecule is COc1ccc(COc2cc(-c3ccc(C)cc3)nc(C(F)(F)F)c2)cc1. The van der Waals surface area contributed by atoms with Gasteiger partial charge in [-0.05, 0) is 24.6 Å². The minimum Gasteiger partial charge on any atom is -0.497 e. The van der Waals surface area contributed by atoms with Gasteiger partial charge in [0.25, 0.3) is 0 Å². The molecule has 27 heavy (non-hydrogen) atoms. The molecule has 3 nitrogen and oxygen atoms in total. The number of halogens is 3. The molecular formula is C21H18F3NO2. The van der Waals surface area contributed by atoms with Gasteiger partial charge in [0, 0.05) is 17.7 Å². The van der Waals surface area contributed by atoms with Gasteiger partial charge in [0.15, 0.2) is 0 Å². The first-order valence-corrected chi connectivity index (χ1v) is 8.27. The predicted octanol–water partition coefficient (Wildman–Crippen LogP) is 5.66. The molecule has 6 heteroatoms. The average Bonchev–Trinajstić information content (AvgIpc) is 2.66. The van der Waals surface area contributed by atoms with Gasteiger partial charge in [-0.25, -0.2) is 4.98 Å². The lowest BCUT2D eigenvalue weighted by atomic mass is 10.1. The van der Waals surface area contributed by atoms with E-state index in [0.29, 0.717) is 11.3 Å². The van der Waals surface area contributed by atoms with Crippen molar-refractivity contribution in [2.24, 2.45) is 0 Å². The van der Waals surface area contributed by atoms with Crippen LogP contribution in [0.4, 0.5) is 13.2 Å². The molecule has 0 radical (unpaired) electrons. The normalized spacial score (nSPS) is 11.3. The Morgan fingerprint density at radius 2 is 1.56 bits per heavy atom. The van der Waals surface area contributed by atoms with Crippen LogP contribution in [0.25, 0.3) is 11.3 Å². The Kier molecular flexibility index (Phi) is 5.35. The molecule has 1 aromatic heterocycles. The van der Waals surface area contributed by atoms with Crippen molar-refractivity contribution in [2.75, 3.05) is 7.11 Å². The summed E-state index contributed by atoms with van der Waals surface area (Å²) < 4.78 is 50.4. The highest BCUT2D eigenvalue weighted by atomic mass is 19.4. The maximum atomic E-state index is 13.2. The Balaban J connectivity index is 1.88. The maximum Gasteiger partial charge on any atom is 0.433 e. The largest absolute Gasteiger partial charge is 0.497 e. The highest BCUT2D eigenvalue weighted by Gasteiger charge is 2.33. The molecule has 0 saturated carbocycles. The third kappa shape index (κ3) is 4.78. The fourth-order valence-corrected chi connectivity index (χ4v) is 2.49. The molecule has 140 valence electrons. The number of rotatable bonds is 5. The highest BCUT2D eigenvalue weighted by molar-refractivity contribution is 5.61. The average molecular weight is 373 g/mol. The number of nitrogens with zero attached hydrogens (tertiary/aromatic N) is 1. The third-order valence-electron chi connectivity index (χ3n) is 4.00. The summed E-state index contributed by atoms with van der Waals surface area (Å²) in [6.07, 6.45) is -4.56. The van der Waals surface area contributed by atoms with E-state index in [1.54, 1.807) is 43.5 Å². The van der Waals surface area contributed by atoms with E-state index in [4.69, 9.17) is 9.47 Å². The molecular weight excluding hydrogens is 355 g/mol. The monoisotopic (exact) mass is 373 g/mol. The molecule has 0 aliphatic heterocycles. The van der Waals surface area contributed by atoms with E-state index >= 15 is 0 Å². The first kappa shape index (κ1) is 18.8. The molecule has 1 heterocycles. The lowest BCUT2D eigenvalue weighted by Gasteiger charge is -2.13. The Morgan fingerprint density at radius 1 is 0.889 bits per heavy atom. The number of hydrogen-bond donors (Lipinski definition) is 0. The Hall–Kier alpha value is -3.02. The predicted molar refractivity (Wildman–Crippen MR) is 96.7 cm³/mol. The zero-order valence-electron chi connectivity index (χ0n) is 14.9. The van der Waals surface area contributed by atoms with Crippen LogP contribution in [0.1, 0.15) is 16.8 Å². The lowest BCUT2D eigenvalue weighted by Crippen LogP contribution is -2.09. The van der Waals surface area contributed by atoms with Crippen molar-refractivity contribution in [1.82, 2.24) is 4.98 Å². The lowest BCUT2D eigenvalue weighted by molar-refractivity contribution is -0.141. The molecule has 0 saturated heterocycles. The van der Waals surface area contributed by atoms with Crippen molar-refractivity contribution in [1.29, 1.82) is 0 Å². The van der Waals surface area contributed by atoms with E-state index < -0.39 is 11.9 Å². The van der Waals surface area contributed by atoms with Crippen LogP contribution in [-0.4, -0.2) is 12.1 Å². The maximum absolute atomic E-state index is 13.2. The van der Waals surface area contributed by atoms with Gasteiger partial charge in [-0.1, -0.05) is 42.0 Å². The van der Waals surface area contributed by atoms with Crippen molar-refractivity contribution in [2.45, 2.75) is 19.7 Å². The molecule has 0 aliphatic rings. The quantitative estimate of drug-likeness (QED) is 0.578. The highest BCUT2D eigenvalue weighted by Crippen LogP contribution is 2.33. The van der Waals surface area contributed by atoms with Crippen molar-refractivity contribution >= 4 is 0 Å². The number of alkyl halides is 3. The second-order valence-electron chi connectivity index (χ2n) is 6.07. The summed E-state index contributed by atoms with van der Waals surface area (Å²) in [5.41, 5.74) is 1.67. The smallest absolute Gasteiger partial charge is 0.433 e. The summed E-state index contributed by atoms with van der Waals surface area (Å²) in [7, 11) is 1.56. The van der Waals surface area contributed by atoms with Crippen LogP contribution in [0.5, 0.6) is 11.5 Å². The molecule has 3 rings (SSSR count). The summed E-state index contributed by atoms with van der Waals surface area (Å²) in [6, 6.07) is 16.7. The van der Waals surface area contributed by atoms with Crippen LogP contribution in [0.3, 0.4) is 0 Å². The standard InChI is InChI=1S/C21H18F3NO2/c1-14-3-7-16(8-4-14)19-11-18(12-20(25-19)21(22,23)24)27-13-15-5-9-17(26-2)10-6-15/h3-12H,13H2,1-2H3. The Morgan fingerprint density at radius 3 is 2.15 bits per heavy atom. The van der Waals surface area contributed by atoms with E-state index in [1.807, 2.05) is 19.1 Å². The summed E-state index contributed by atoms with van der Waals surface area (Å²) >= 11 is 0. The van der Waals surface area contributed by atoms with Crippen LogP contribution < -0.4 is 9.47 Å². The number of benzene rings is 2. The first-order chi connectivity index (χ1) is 12.8. The van der Waals surface area contributed by atoms with Gasteiger partial charge in [-0.3, -0.25) is 0 Å². The topological polar surface area (TPSA) is 31.4 Å². The van der Waals surface area contributed by atoms with Gasteiger partial charge in [-0.2, -0.15) is 13.2 Å². The summed E-state index contributed by atoms with van der Waals surface area (Å²) in [6.45, 7) is 2.05. The van der Waals surface area contributed by atoms with Gasteiger partial charge in [0.2, 0.25) is 0 Å². The summed E-state index contributed by atoms with van der Waals surface area (Å²) in [5, 5.41) is 0. The fraction of sp³-hybridized carbons (Fsp3) is 0.190. The van der Waals surface area contributed by atoms with Crippen LogP contribution >= 0.6 is 0 Å². The fourth-order valence-electron chi connectivity index (χ4n) is 2.49. The second-order valence-corrected chi connectivity index (χ2v) is 6.07. The molecule has 0 aliphatic carbocycles. The minimum atomic E-state index is -4.56. The summed E-state index contributed by atoms with van der Waals surface area (Å²) in [5.74, 6) is 0.812. The number of aryl methyl sites for hydroxylation is 1. The van der Waals surface area contributed by atoms with E-state index in [9.17, 15) is 13.2 Å². The van der Waals surface area contributed by atoms with E-state index in [-0.39, 0.29) is 18.1 Å². The van der Waals surface area contributed by atoms with Gasteiger partial charge in [0.05, 0.1) is 12.8 Å². The zero-order valence-corrected chi connectivity index (χ0v) is 14.9. The molecule has 0 N–H and O–H groups in total. The van der Waals surface area contributed by atoms with Gasteiger partial charge in [0.1, 0.15) is 23.8 Å². The van der Waals surface area contributed by atoms with Crippen molar-refractivity contribution < 1.29 is 22.6 Å². The molecule has 0 atom stereocenters. The molecule has 2 aromatic carbocycles. The van der Waals surface area contributed by atoms with Crippen molar-refractivity contribution in [3.8, 4) is 22.8 Å². The molecule has 0 unspecified atom stereocenters.